The molecule has 0 radical (unpaired) electrons. The van der Waals surface area contributed by atoms with Crippen LogP contribution in [0.1, 0.15) is 25.0 Å². The Bertz CT molecular complexity index is 810. The number of carbonyl (C=O) groups excluding carboxylic acids is 1. The summed E-state index contributed by atoms with van der Waals surface area (Å²) in [4.78, 5) is 14.5. The molecule has 0 spiro atoms. The lowest BCUT2D eigenvalue weighted by Gasteiger charge is -2.26. The fraction of sp³-hybridized carbons (Fsp3) is 0.238. The van der Waals surface area contributed by atoms with E-state index in [0.29, 0.717) is 13.1 Å². The molecule has 5 heteroatoms. The van der Waals surface area contributed by atoms with Crippen molar-refractivity contribution in [3.63, 3.8) is 0 Å². The number of nitrogens with one attached hydrogen (secondary N) is 1. The van der Waals surface area contributed by atoms with Crippen molar-refractivity contribution in [1.82, 2.24) is 10.2 Å². The molecule has 2 rings (SSSR count). The highest BCUT2D eigenvalue weighted by molar-refractivity contribution is 9.10. The summed E-state index contributed by atoms with van der Waals surface area (Å²) >= 11 is 3.49. The van der Waals surface area contributed by atoms with Crippen molar-refractivity contribution in [2.45, 2.75) is 33.0 Å². The van der Waals surface area contributed by atoms with E-state index < -0.39 is 0 Å². The molecule has 0 unspecified atom stereocenters. The quantitative estimate of drug-likeness (QED) is 0.542. The highest BCUT2D eigenvalue weighted by Crippen LogP contribution is 2.16. The number of nitriles is 1. The van der Waals surface area contributed by atoms with Crippen LogP contribution in [0.4, 0.5) is 0 Å². The van der Waals surface area contributed by atoms with Crippen LogP contribution < -0.4 is 5.32 Å². The van der Waals surface area contributed by atoms with Gasteiger partial charge in [-0.3, -0.25) is 4.79 Å². The van der Waals surface area contributed by atoms with Crippen LogP contribution in [-0.4, -0.2) is 16.8 Å². The van der Waals surface area contributed by atoms with Gasteiger partial charge in [0.05, 0.1) is 0 Å². The molecule has 0 atom stereocenters. The van der Waals surface area contributed by atoms with Gasteiger partial charge in [0.2, 0.25) is 0 Å². The maximum Gasteiger partial charge on any atom is 0.266 e. The van der Waals surface area contributed by atoms with E-state index in [2.05, 4.69) is 21.2 Å². The van der Waals surface area contributed by atoms with E-state index in [-0.39, 0.29) is 17.5 Å². The number of amides is 1. The fourth-order valence-corrected chi connectivity index (χ4v) is 2.90. The molecular weight excluding hydrogens is 390 g/mol. The third-order valence-corrected chi connectivity index (χ3v) is 4.70. The van der Waals surface area contributed by atoms with Gasteiger partial charge in [-0.15, -0.1) is 0 Å². The molecule has 0 aliphatic rings. The fourth-order valence-electron chi connectivity index (χ4n) is 2.47. The zero-order valence-corrected chi connectivity index (χ0v) is 16.5. The summed E-state index contributed by atoms with van der Waals surface area (Å²) < 4.78 is 0.985. The lowest BCUT2D eigenvalue weighted by atomic mass is 10.1. The van der Waals surface area contributed by atoms with E-state index in [1.165, 1.54) is 6.20 Å². The normalized spacial score (nSPS) is 11.1. The van der Waals surface area contributed by atoms with Crippen molar-refractivity contribution < 1.29 is 4.79 Å². The molecule has 4 nitrogen and oxygen atoms in total. The predicted molar refractivity (Wildman–Crippen MR) is 107 cm³/mol. The smallest absolute Gasteiger partial charge is 0.266 e. The first kappa shape index (κ1) is 19.7. The van der Waals surface area contributed by atoms with Gasteiger partial charge in [-0.1, -0.05) is 64.5 Å². The van der Waals surface area contributed by atoms with Gasteiger partial charge >= 0.3 is 0 Å². The standard InChI is InChI=1S/C21H22BrN3O/c1-16(2)25(15-17-8-4-3-5-9-17)21(26)19(12-23)14-24-13-18-10-6-7-11-20(18)22/h3-11,14,16,24H,13,15H2,1-2H3/b19-14-. The second-order valence-corrected chi connectivity index (χ2v) is 7.01. The van der Waals surface area contributed by atoms with Crippen LogP contribution >= 0.6 is 15.9 Å². The van der Waals surface area contributed by atoms with Gasteiger partial charge in [0.15, 0.2) is 0 Å². The summed E-state index contributed by atoms with van der Waals surface area (Å²) in [5, 5.41) is 12.5. The molecule has 2 aromatic rings. The van der Waals surface area contributed by atoms with E-state index in [4.69, 9.17) is 0 Å². The Balaban J connectivity index is 2.09. The minimum Gasteiger partial charge on any atom is -0.386 e. The highest BCUT2D eigenvalue weighted by atomic mass is 79.9. The van der Waals surface area contributed by atoms with Crippen molar-refractivity contribution >= 4 is 21.8 Å². The summed E-state index contributed by atoms with van der Waals surface area (Å²) in [6, 6.07) is 19.6. The Kier molecular flexibility index (Phi) is 7.43. The van der Waals surface area contributed by atoms with Gasteiger partial charge in [-0.2, -0.15) is 5.26 Å². The number of benzene rings is 2. The third kappa shape index (κ3) is 5.47. The molecule has 0 saturated carbocycles. The van der Waals surface area contributed by atoms with Crippen LogP contribution in [0.5, 0.6) is 0 Å². The minimum absolute atomic E-state index is 0.0114. The van der Waals surface area contributed by atoms with Crippen molar-refractivity contribution in [2.75, 3.05) is 0 Å². The van der Waals surface area contributed by atoms with Crippen molar-refractivity contribution in [2.24, 2.45) is 0 Å². The van der Waals surface area contributed by atoms with Gasteiger partial charge in [0.25, 0.3) is 5.91 Å². The summed E-state index contributed by atoms with van der Waals surface area (Å²) in [5.74, 6) is -0.272. The molecule has 0 saturated heterocycles. The lowest BCUT2D eigenvalue weighted by molar-refractivity contribution is -0.129. The Morgan fingerprint density at radius 2 is 1.85 bits per heavy atom. The van der Waals surface area contributed by atoms with Gasteiger partial charge in [0, 0.05) is 29.8 Å². The van der Waals surface area contributed by atoms with Crippen LogP contribution in [0, 0.1) is 11.3 Å². The van der Waals surface area contributed by atoms with Crippen LogP contribution in [0.15, 0.2) is 70.8 Å². The van der Waals surface area contributed by atoms with Gasteiger partial charge in [-0.25, -0.2) is 0 Å². The van der Waals surface area contributed by atoms with Gasteiger partial charge < -0.3 is 10.2 Å². The second-order valence-electron chi connectivity index (χ2n) is 6.15. The maximum absolute atomic E-state index is 12.8. The van der Waals surface area contributed by atoms with Crippen molar-refractivity contribution in [3.05, 3.63) is 82.0 Å². The third-order valence-electron chi connectivity index (χ3n) is 3.93. The first-order valence-electron chi connectivity index (χ1n) is 8.45. The number of hydrogen-bond acceptors (Lipinski definition) is 3. The first-order valence-corrected chi connectivity index (χ1v) is 9.24. The number of carbonyl (C=O) groups is 1. The summed E-state index contributed by atoms with van der Waals surface area (Å²) in [6.45, 7) is 4.90. The lowest BCUT2D eigenvalue weighted by Crippen LogP contribution is -2.37. The Labute approximate surface area is 163 Å². The van der Waals surface area contributed by atoms with Crippen LogP contribution in [-0.2, 0) is 17.9 Å². The van der Waals surface area contributed by atoms with Crippen molar-refractivity contribution in [1.29, 1.82) is 5.26 Å². The van der Waals surface area contributed by atoms with Crippen LogP contribution in [0.25, 0.3) is 0 Å². The molecule has 0 bridgehead atoms. The minimum atomic E-state index is -0.272. The van der Waals surface area contributed by atoms with E-state index in [1.54, 1.807) is 4.90 Å². The Hall–Kier alpha value is -2.58. The molecule has 0 heterocycles. The van der Waals surface area contributed by atoms with Crippen LogP contribution in [0.2, 0.25) is 0 Å². The number of halogens is 1. The van der Waals surface area contributed by atoms with E-state index in [9.17, 15) is 10.1 Å². The first-order chi connectivity index (χ1) is 12.5. The molecular formula is C21H22BrN3O. The molecule has 0 fully saturated rings. The molecule has 0 aliphatic carbocycles. The average molecular weight is 412 g/mol. The Morgan fingerprint density at radius 3 is 2.46 bits per heavy atom. The van der Waals surface area contributed by atoms with Gasteiger partial charge in [0.1, 0.15) is 11.6 Å². The van der Waals surface area contributed by atoms with Crippen LogP contribution in [0.3, 0.4) is 0 Å². The van der Waals surface area contributed by atoms with E-state index in [0.717, 1.165) is 15.6 Å². The van der Waals surface area contributed by atoms with Crippen molar-refractivity contribution in [3.8, 4) is 6.07 Å². The predicted octanol–water partition coefficient (Wildman–Crippen LogP) is 4.38. The molecule has 134 valence electrons. The molecule has 1 N–H and O–H groups in total. The average Bonchev–Trinajstić information content (AvgIpc) is 2.65. The monoisotopic (exact) mass is 411 g/mol. The number of hydrogen-bond donors (Lipinski definition) is 1. The second kappa shape index (κ2) is 9.79. The molecule has 26 heavy (non-hydrogen) atoms. The number of rotatable bonds is 7. The summed E-state index contributed by atoms with van der Waals surface area (Å²) in [6.07, 6.45) is 1.50. The Morgan fingerprint density at radius 1 is 1.19 bits per heavy atom. The van der Waals surface area contributed by atoms with E-state index >= 15 is 0 Å². The summed E-state index contributed by atoms with van der Waals surface area (Å²) in [5.41, 5.74) is 2.19. The zero-order valence-electron chi connectivity index (χ0n) is 14.9. The van der Waals surface area contributed by atoms with Gasteiger partial charge in [-0.05, 0) is 31.0 Å². The molecule has 0 aliphatic heterocycles. The topological polar surface area (TPSA) is 56.1 Å². The number of nitrogens with zero attached hydrogens (tertiary/aromatic N) is 2. The largest absolute Gasteiger partial charge is 0.386 e. The molecule has 1 amide bonds. The maximum atomic E-state index is 12.8. The molecule has 0 aromatic heterocycles. The zero-order chi connectivity index (χ0) is 18.9. The van der Waals surface area contributed by atoms with E-state index in [1.807, 2.05) is 74.5 Å². The SMILES string of the molecule is CC(C)N(Cc1ccccc1)C(=O)/C(C#N)=C\NCc1ccccc1Br. The highest BCUT2D eigenvalue weighted by Gasteiger charge is 2.21. The molecule has 2 aromatic carbocycles. The summed E-state index contributed by atoms with van der Waals surface area (Å²) in [7, 11) is 0.